The largest absolute Gasteiger partial charge is 0.324 e. The normalized spacial score (nSPS) is 12.5. The van der Waals surface area contributed by atoms with Gasteiger partial charge in [0.15, 0.2) is 0 Å². The van der Waals surface area contributed by atoms with Crippen molar-refractivity contribution in [3.8, 4) is 0 Å². The zero-order valence-corrected chi connectivity index (χ0v) is 15.6. The molecule has 3 nitrogen and oxygen atoms in total. The van der Waals surface area contributed by atoms with Crippen LogP contribution in [0.2, 0.25) is 0 Å². The minimum absolute atomic E-state index is 0.0211. The molecular formula is C21H27FN2O. The van der Waals surface area contributed by atoms with Crippen molar-refractivity contribution in [2.45, 2.75) is 39.7 Å². The lowest BCUT2D eigenvalue weighted by atomic mass is 9.98. The minimum atomic E-state index is -0.253. The number of hydrogen-bond acceptors (Lipinski definition) is 2. The van der Waals surface area contributed by atoms with Gasteiger partial charge in [0.25, 0.3) is 0 Å². The number of carbonyl (C=O) groups is 1. The van der Waals surface area contributed by atoms with Crippen LogP contribution in [0, 0.1) is 12.7 Å². The Morgan fingerprint density at radius 3 is 2.36 bits per heavy atom. The van der Waals surface area contributed by atoms with Gasteiger partial charge < -0.3 is 5.32 Å². The number of carbonyl (C=O) groups excluding carboxylic acids is 1. The van der Waals surface area contributed by atoms with Gasteiger partial charge in [0.2, 0.25) is 5.91 Å². The summed E-state index contributed by atoms with van der Waals surface area (Å²) in [5, 5.41) is 3.07. The van der Waals surface area contributed by atoms with E-state index in [1.807, 2.05) is 37.9 Å². The molecule has 0 aliphatic carbocycles. The number of benzene rings is 2. The predicted molar refractivity (Wildman–Crippen MR) is 101 cm³/mol. The molecule has 1 N–H and O–H groups in total. The van der Waals surface area contributed by atoms with E-state index in [0.717, 1.165) is 22.4 Å². The van der Waals surface area contributed by atoms with Crippen molar-refractivity contribution >= 4 is 11.6 Å². The standard InChI is InChI=1S/C21H27FN2O/c1-14(2)19-8-6-7-15(3)21(19)23-20(25)13-24(5)16(4)17-9-11-18(22)12-10-17/h6-12,14,16H,13H2,1-5H3,(H,23,25). The third-order valence-corrected chi connectivity index (χ3v) is 4.60. The number of amides is 1. The number of hydrogen-bond donors (Lipinski definition) is 1. The van der Waals surface area contributed by atoms with Crippen molar-refractivity contribution in [1.82, 2.24) is 4.90 Å². The summed E-state index contributed by atoms with van der Waals surface area (Å²) in [5.41, 5.74) is 4.09. The van der Waals surface area contributed by atoms with Gasteiger partial charge in [-0.2, -0.15) is 0 Å². The van der Waals surface area contributed by atoms with Crippen molar-refractivity contribution in [1.29, 1.82) is 0 Å². The second-order valence-corrected chi connectivity index (χ2v) is 6.88. The van der Waals surface area contributed by atoms with Gasteiger partial charge in [0.05, 0.1) is 6.54 Å². The molecule has 1 atom stereocenters. The summed E-state index contributed by atoms with van der Waals surface area (Å²) in [6.45, 7) is 8.52. The highest BCUT2D eigenvalue weighted by molar-refractivity contribution is 5.94. The summed E-state index contributed by atoms with van der Waals surface area (Å²) in [4.78, 5) is 14.5. The van der Waals surface area contributed by atoms with Crippen molar-refractivity contribution in [2.24, 2.45) is 0 Å². The molecule has 134 valence electrons. The molecule has 0 fully saturated rings. The maximum absolute atomic E-state index is 13.1. The van der Waals surface area contributed by atoms with E-state index in [2.05, 4.69) is 25.2 Å². The van der Waals surface area contributed by atoms with Gasteiger partial charge in [-0.15, -0.1) is 0 Å². The van der Waals surface area contributed by atoms with E-state index >= 15 is 0 Å². The van der Waals surface area contributed by atoms with Crippen LogP contribution in [0.15, 0.2) is 42.5 Å². The monoisotopic (exact) mass is 342 g/mol. The van der Waals surface area contributed by atoms with Crippen LogP contribution < -0.4 is 5.32 Å². The molecule has 0 saturated heterocycles. The third kappa shape index (κ3) is 4.89. The fourth-order valence-corrected chi connectivity index (χ4v) is 2.88. The van der Waals surface area contributed by atoms with E-state index in [4.69, 9.17) is 0 Å². The summed E-state index contributed by atoms with van der Waals surface area (Å²) in [6, 6.07) is 12.5. The molecular weight excluding hydrogens is 315 g/mol. The van der Waals surface area contributed by atoms with Crippen LogP contribution >= 0.6 is 0 Å². The molecule has 2 rings (SSSR count). The second kappa shape index (κ2) is 8.26. The number of nitrogens with zero attached hydrogens (tertiary/aromatic N) is 1. The number of nitrogens with one attached hydrogen (secondary N) is 1. The molecule has 0 bridgehead atoms. The Labute approximate surface area is 149 Å². The zero-order chi connectivity index (χ0) is 18.6. The Kier molecular flexibility index (Phi) is 6.32. The highest BCUT2D eigenvalue weighted by atomic mass is 19.1. The molecule has 4 heteroatoms. The quantitative estimate of drug-likeness (QED) is 0.811. The van der Waals surface area contributed by atoms with Gasteiger partial charge in [0, 0.05) is 11.7 Å². The molecule has 0 radical (unpaired) electrons. The van der Waals surface area contributed by atoms with Crippen LogP contribution in [0.4, 0.5) is 10.1 Å². The molecule has 1 amide bonds. The summed E-state index contributed by atoms with van der Waals surface area (Å²) in [6.07, 6.45) is 0. The van der Waals surface area contributed by atoms with E-state index < -0.39 is 0 Å². The highest BCUT2D eigenvalue weighted by Crippen LogP contribution is 2.27. The Bertz CT molecular complexity index is 725. The van der Waals surface area contributed by atoms with Crippen molar-refractivity contribution in [2.75, 3.05) is 18.9 Å². The molecule has 1 unspecified atom stereocenters. The molecule has 2 aromatic rings. The lowest BCUT2D eigenvalue weighted by Gasteiger charge is -2.25. The van der Waals surface area contributed by atoms with Crippen molar-refractivity contribution in [3.05, 3.63) is 65.0 Å². The average molecular weight is 342 g/mol. The third-order valence-electron chi connectivity index (χ3n) is 4.60. The maximum atomic E-state index is 13.1. The van der Waals surface area contributed by atoms with Crippen LogP contribution in [-0.2, 0) is 4.79 Å². The van der Waals surface area contributed by atoms with Crippen LogP contribution in [0.3, 0.4) is 0 Å². The number of likely N-dealkylation sites (N-methyl/N-ethyl adjacent to an activating group) is 1. The summed E-state index contributed by atoms with van der Waals surface area (Å²) >= 11 is 0. The molecule has 0 aliphatic heterocycles. The Morgan fingerprint density at radius 2 is 1.76 bits per heavy atom. The zero-order valence-electron chi connectivity index (χ0n) is 15.6. The summed E-state index contributed by atoms with van der Waals surface area (Å²) in [5.74, 6) is 0.0378. The lowest BCUT2D eigenvalue weighted by Crippen LogP contribution is -2.32. The SMILES string of the molecule is Cc1cccc(C(C)C)c1NC(=O)CN(C)C(C)c1ccc(F)cc1. The van der Waals surface area contributed by atoms with Crippen LogP contribution in [0.5, 0.6) is 0 Å². The van der Waals surface area contributed by atoms with E-state index in [0.29, 0.717) is 5.92 Å². The van der Waals surface area contributed by atoms with Crippen molar-refractivity contribution < 1.29 is 9.18 Å². The first-order chi connectivity index (χ1) is 11.8. The van der Waals surface area contributed by atoms with Gasteiger partial charge >= 0.3 is 0 Å². The number of aryl methyl sites for hydroxylation is 1. The van der Waals surface area contributed by atoms with Gasteiger partial charge in [-0.25, -0.2) is 4.39 Å². The molecule has 25 heavy (non-hydrogen) atoms. The van der Waals surface area contributed by atoms with E-state index in [9.17, 15) is 9.18 Å². The number of anilines is 1. The van der Waals surface area contributed by atoms with Gasteiger partial charge in [0.1, 0.15) is 5.82 Å². The van der Waals surface area contributed by atoms with Gasteiger partial charge in [-0.1, -0.05) is 44.2 Å². The Hall–Kier alpha value is -2.20. The Morgan fingerprint density at radius 1 is 1.12 bits per heavy atom. The summed E-state index contributed by atoms with van der Waals surface area (Å²) in [7, 11) is 1.90. The first kappa shape index (κ1) is 19.1. The van der Waals surface area contributed by atoms with Gasteiger partial charge in [-0.05, 0) is 55.6 Å². The number of para-hydroxylation sites is 1. The molecule has 0 heterocycles. The highest BCUT2D eigenvalue weighted by Gasteiger charge is 2.17. The van der Waals surface area contributed by atoms with Crippen LogP contribution in [0.1, 0.15) is 49.4 Å². The topological polar surface area (TPSA) is 32.3 Å². The molecule has 0 saturated carbocycles. The van der Waals surface area contributed by atoms with E-state index in [-0.39, 0.29) is 24.3 Å². The molecule has 0 spiro atoms. The summed E-state index contributed by atoms with van der Waals surface area (Å²) < 4.78 is 13.1. The van der Waals surface area contributed by atoms with Crippen LogP contribution in [0.25, 0.3) is 0 Å². The van der Waals surface area contributed by atoms with Gasteiger partial charge in [-0.3, -0.25) is 9.69 Å². The minimum Gasteiger partial charge on any atom is -0.324 e. The fraction of sp³-hybridized carbons (Fsp3) is 0.381. The fourth-order valence-electron chi connectivity index (χ4n) is 2.88. The molecule has 0 aromatic heterocycles. The van der Waals surface area contributed by atoms with Crippen LogP contribution in [-0.4, -0.2) is 24.4 Å². The lowest BCUT2D eigenvalue weighted by molar-refractivity contribution is -0.117. The molecule has 2 aromatic carbocycles. The van der Waals surface area contributed by atoms with E-state index in [1.54, 1.807) is 12.1 Å². The Balaban J connectivity index is 2.06. The average Bonchev–Trinajstić information content (AvgIpc) is 2.56. The number of halogens is 1. The first-order valence-corrected chi connectivity index (χ1v) is 8.64. The number of rotatable bonds is 6. The smallest absolute Gasteiger partial charge is 0.238 e. The second-order valence-electron chi connectivity index (χ2n) is 6.88. The predicted octanol–water partition coefficient (Wildman–Crippen LogP) is 4.89. The maximum Gasteiger partial charge on any atom is 0.238 e. The van der Waals surface area contributed by atoms with Crippen molar-refractivity contribution in [3.63, 3.8) is 0 Å². The van der Waals surface area contributed by atoms with E-state index in [1.165, 1.54) is 12.1 Å². The first-order valence-electron chi connectivity index (χ1n) is 8.64. The molecule has 0 aliphatic rings.